The van der Waals surface area contributed by atoms with Crippen LogP contribution in [0.15, 0.2) is 134 Å². The van der Waals surface area contributed by atoms with Gasteiger partial charge in [0.1, 0.15) is 0 Å². The van der Waals surface area contributed by atoms with Gasteiger partial charge in [-0.05, 0) is 84.3 Å². The van der Waals surface area contributed by atoms with Gasteiger partial charge in [0.25, 0.3) is 0 Å². The van der Waals surface area contributed by atoms with Gasteiger partial charge in [-0.25, -0.2) is 16.8 Å². The van der Waals surface area contributed by atoms with Gasteiger partial charge in [0, 0.05) is 52.3 Å². The lowest BCUT2D eigenvalue weighted by atomic mass is 10.1. The second-order valence-electron chi connectivity index (χ2n) is 10.3. The van der Waals surface area contributed by atoms with E-state index in [1.54, 1.807) is 79.9 Å². The first kappa shape index (κ1) is 42.0. The molecular weight excluding hydrogens is 787 g/mol. The van der Waals surface area contributed by atoms with Gasteiger partial charge in [-0.2, -0.15) is 0 Å². The normalized spacial score (nSPS) is 10.7. The van der Waals surface area contributed by atoms with Crippen LogP contribution in [0, 0.1) is 0 Å². The molecule has 6 rings (SSSR count). The summed E-state index contributed by atoms with van der Waals surface area (Å²) in [5.74, 6) is 0. The van der Waals surface area contributed by atoms with E-state index < -0.39 is 19.7 Å². The van der Waals surface area contributed by atoms with E-state index in [0.717, 1.165) is 28.6 Å². The topological polar surface area (TPSA) is 195 Å². The summed E-state index contributed by atoms with van der Waals surface area (Å²) in [6.07, 6.45) is 4.46. The molecule has 0 saturated carbocycles. The number of halogens is 1. The lowest BCUT2D eigenvalue weighted by molar-refractivity contribution is 0.318. The van der Waals surface area contributed by atoms with Crippen molar-refractivity contribution >= 4 is 64.1 Å². The summed E-state index contributed by atoms with van der Waals surface area (Å²) in [6, 6.07) is 28.1. The molecule has 50 heavy (non-hydrogen) atoms. The number of H-pyrrole nitrogens is 2. The second kappa shape index (κ2) is 20.5. The quantitative estimate of drug-likeness (QED) is 0.0374. The average molecular weight is 831 g/mol. The number of benzene rings is 4. The van der Waals surface area contributed by atoms with Crippen molar-refractivity contribution in [1.29, 1.82) is 0 Å². The Labute approximate surface area is 307 Å². The van der Waals surface area contributed by atoms with Crippen LogP contribution in [0.3, 0.4) is 0 Å². The van der Waals surface area contributed by atoms with Crippen LogP contribution < -0.4 is 5.73 Å². The Balaban J connectivity index is 0.000000303. The molecule has 0 aliphatic rings. The molecule has 0 radical (unpaired) electrons. The van der Waals surface area contributed by atoms with Crippen LogP contribution >= 0.6 is 22.6 Å². The Morgan fingerprint density at radius 1 is 0.740 bits per heavy atom. The molecule has 14 heteroatoms. The van der Waals surface area contributed by atoms with Crippen molar-refractivity contribution in [2.45, 2.75) is 46.8 Å². The predicted molar refractivity (Wildman–Crippen MR) is 210 cm³/mol. The van der Waals surface area contributed by atoms with Crippen molar-refractivity contribution in [1.82, 2.24) is 9.97 Å². The van der Waals surface area contributed by atoms with E-state index in [1.807, 2.05) is 35.3 Å². The van der Waals surface area contributed by atoms with E-state index in [-0.39, 0.29) is 23.8 Å². The van der Waals surface area contributed by atoms with Gasteiger partial charge in [-0.1, -0.05) is 95.8 Å². The van der Waals surface area contributed by atoms with Gasteiger partial charge in [-0.3, -0.25) is 0 Å². The first-order valence-corrected chi connectivity index (χ1v) is 20.3. The number of aliphatic hydroxyl groups excluding tert-OH is 1. The molecule has 6 aromatic rings. The largest absolute Gasteiger partial charge is 0.397 e. The zero-order chi connectivity index (χ0) is 35.9. The molecule has 11 nitrogen and oxygen atoms in total. The van der Waals surface area contributed by atoms with Gasteiger partial charge in [0.2, 0.25) is 19.7 Å². The molecule has 0 unspecified atom stereocenters. The van der Waals surface area contributed by atoms with Crippen LogP contribution in [0.4, 0.5) is 0 Å². The molecule has 0 aliphatic heterocycles. The van der Waals surface area contributed by atoms with E-state index >= 15 is 0 Å². The molecule has 0 bridgehead atoms. The van der Waals surface area contributed by atoms with E-state index in [4.69, 9.17) is 16.4 Å². The highest BCUT2D eigenvalue weighted by Crippen LogP contribution is 2.30. The minimum absolute atomic E-state index is 0. The molecule has 0 aliphatic carbocycles. The van der Waals surface area contributed by atoms with E-state index in [2.05, 4.69) is 42.6 Å². The van der Waals surface area contributed by atoms with E-state index in [9.17, 15) is 16.8 Å². The van der Waals surface area contributed by atoms with Gasteiger partial charge in [0.05, 0.1) is 19.6 Å². The standard InChI is InChI=1S/C16H14N4O2S.C16H16N2O2S.C2H6O.CH3I.CH4/c17-20-19-9-8-12-6-7-14-15(10-12)18-11-16(14)23(21,22)13-4-2-1-3-5-13;17-9-8-12-6-7-14-15(10-12)18-11-16(14)21(19,20)13-4-2-1-3-5-13;1-2-3;1-2;/h1-7,10-11,18H,8-9H2;1-7,10-11,18H,8-9,17H2;3H,2H2,1H3;1H3;1H4. The van der Waals surface area contributed by atoms with Gasteiger partial charge >= 0.3 is 0 Å². The first-order valence-electron chi connectivity index (χ1n) is 15.2. The number of alkyl halides is 1. The van der Waals surface area contributed by atoms with Crippen LogP contribution in [-0.4, -0.2) is 56.5 Å². The number of rotatable bonds is 9. The van der Waals surface area contributed by atoms with Crippen LogP contribution in [0.1, 0.15) is 25.5 Å². The summed E-state index contributed by atoms with van der Waals surface area (Å²) < 4.78 is 50.8. The number of nitrogens with two attached hydrogens (primary N) is 1. The number of aromatic nitrogens is 2. The molecule has 266 valence electrons. The maximum Gasteiger partial charge on any atom is 0.208 e. The summed E-state index contributed by atoms with van der Waals surface area (Å²) in [6.45, 7) is 2.87. The van der Waals surface area contributed by atoms with Crippen LogP contribution in [-0.2, 0) is 32.5 Å². The van der Waals surface area contributed by atoms with Crippen molar-refractivity contribution in [3.63, 3.8) is 0 Å². The van der Waals surface area contributed by atoms with Crippen molar-refractivity contribution in [3.8, 4) is 0 Å². The van der Waals surface area contributed by atoms with Gasteiger partial charge in [-0.15, -0.1) is 0 Å². The summed E-state index contributed by atoms with van der Waals surface area (Å²) in [5, 5.41) is 12.4. The Morgan fingerprint density at radius 3 is 1.52 bits per heavy atom. The molecule has 5 N–H and O–H groups in total. The highest BCUT2D eigenvalue weighted by atomic mass is 127. The highest BCUT2D eigenvalue weighted by molar-refractivity contribution is 14.1. The van der Waals surface area contributed by atoms with Crippen molar-refractivity contribution in [2.24, 2.45) is 10.8 Å². The fraction of sp³-hybridized carbons (Fsp3) is 0.222. The summed E-state index contributed by atoms with van der Waals surface area (Å²) in [4.78, 5) is 11.9. The Bertz CT molecular complexity index is 2200. The smallest absolute Gasteiger partial charge is 0.208 e. The number of aromatic amines is 2. The summed E-state index contributed by atoms with van der Waals surface area (Å²) in [7, 11) is -7.06. The van der Waals surface area contributed by atoms with E-state index in [1.165, 1.54) is 6.20 Å². The second-order valence-corrected chi connectivity index (χ2v) is 14.1. The molecular formula is C36H43IN6O5S2. The Kier molecular flexibility index (Phi) is 17.2. The third-order valence-corrected chi connectivity index (χ3v) is 10.7. The Morgan fingerprint density at radius 2 is 1.14 bits per heavy atom. The fourth-order valence-corrected chi connectivity index (χ4v) is 7.79. The predicted octanol–water partition coefficient (Wildman–Crippen LogP) is 8.04. The average Bonchev–Trinajstić information content (AvgIpc) is 3.76. The molecule has 4 aromatic carbocycles. The zero-order valence-corrected chi connectivity index (χ0v) is 30.9. The van der Waals surface area contributed by atoms with Crippen molar-refractivity contribution in [3.05, 3.63) is 131 Å². The van der Waals surface area contributed by atoms with E-state index in [0.29, 0.717) is 40.1 Å². The number of sulfone groups is 2. The number of nitrogens with zero attached hydrogens (tertiary/aromatic N) is 3. The maximum atomic E-state index is 12.7. The SMILES string of the molecule is C.CCO.CI.NCCc1ccc2c(S(=O)(=O)c3ccccc3)c[nH]c2c1.[N-]=[N+]=NCCc1ccc2c(S(=O)(=O)c3ccccc3)c[nH]c2c1. The highest BCUT2D eigenvalue weighted by Gasteiger charge is 2.22. The summed E-state index contributed by atoms with van der Waals surface area (Å²) >= 11 is 2.15. The number of fused-ring (bicyclic) bond motifs is 2. The van der Waals surface area contributed by atoms with Crippen LogP contribution in [0.5, 0.6) is 0 Å². The number of hydrogen-bond donors (Lipinski definition) is 4. The molecule has 2 heterocycles. The van der Waals surface area contributed by atoms with Crippen LogP contribution in [0.25, 0.3) is 32.2 Å². The maximum absolute atomic E-state index is 12.7. The van der Waals surface area contributed by atoms with Gasteiger partial charge < -0.3 is 20.8 Å². The number of nitrogens with one attached hydrogen (secondary N) is 2. The molecule has 0 amide bonds. The lowest BCUT2D eigenvalue weighted by Gasteiger charge is -2.03. The molecule has 2 aromatic heterocycles. The number of azide groups is 1. The van der Waals surface area contributed by atoms with Gasteiger partial charge in [0.15, 0.2) is 0 Å². The van der Waals surface area contributed by atoms with Crippen molar-refractivity contribution in [2.75, 3.05) is 24.6 Å². The minimum Gasteiger partial charge on any atom is -0.397 e. The molecule has 0 saturated heterocycles. The molecule has 0 fully saturated rings. The van der Waals surface area contributed by atoms with Crippen molar-refractivity contribution < 1.29 is 21.9 Å². The molecule has 0 spiro atoms. The zero-order valence-electron chi connectivity index (χ0n) is 27.1. The fourth-order valence-electron chi connectivity index (χ4n) is 4.89. The van der Waals surface area contributed by atoms with Crippen LogP contribution in [0.2, 0.25) is 0 Å². The first-order chi connectivity index (χ1) is 23.7. The summed E-state index contributed by atoms with van der Waals surface area (Å²) in [5.41, 5.74) is 17.5. The third kappa shape index (κ3) is 10.4. The number of hydrogen-bond acceptors (Lipinski definition) is 7. The lowest BCUT2D eigenvalue weighted by Crippen LogP contribution is -2.02. The number of aliphatic hydroxyl groups is 1. The molecule has 0 atom stereocenters. The minimum atomic E-state index is -3.55. The Hall–Kier alpha value is -4.18. The third-order valence-electron chi connectivity index (χ3n) is 7.10. The monoisotopic (exact) mass is 830 g/mol.